The predicted octanol–water partition coefficient (Wildman–Crippen LogP) is 2.37. The van der Waals surface area contributed by atoms with Crippen molar-refractivity contribution in [1.82, 2.24) is 10.2 Å². The third kappa shape index (κ3) is 4.22. The maximum absolute atomic E-state index is 5.27. The van der Waals surface area contributed by atoms with Crippen molar-refractivity contribution < 1.29 is 4.74 Å². The molecule has 0 aromatic rings. The van der Waals surface area contributed by atoms with Gasteiger partial charge in [-0.25, -0.2) is 0 Å². The molecular weight excluding hydrogens is 224 g/mol. The van der Waals surface area contributed by atoms with Gasteiger partial charge in [0.05, 0.1) is 6.61 Å². The van der Waals surface area contributed by atoms with Gasteiger partial charge in [-0.15, -0.1) is 0 Å². The van der Waals surface area contributed by atoms with Crippen LogP contribution in [0.2, 0.25) is 0 Å². The zero-order valence-electron chi connectivity index (χ0n) is 12.9. The second kappa shape index (κ2) is 8.13. The van der Waals surface area contributed by atoms with Gasteiger partial charge in [-0.3, -0.25) is 4.90 Å². The fourth-order valence-electron chi connectivity index (χ4n) is 2.82. The number of hydrogen-bond donors (Lipinski definition) is 1. The van der Waals surface area contributed by atoms with E-state index in [0.29, 0.717) is 12.1 Å². The molecule has 0 aromatic heterocycles. The van der Waals surface area contributed by atoms with Gasteiger partial charge >= 0.3 is 0 Å². The lowest BCUT2D eigenvalue weighted by molar-refractivity contribution is 0.0506. The first-order chi connectivity index (χ1) is 8.63. The van der Waals surface area contributed by atoms with Crippen LogP contribution in [-0.2, 0) is 4.74 Å². The Kier molecular flexibility index (Phi) is 7.20. The van der Waals surface area contributed by atoms with Gasteiger partial charge in [-0.1, -0.05) is 40.5 Å². The molecule has 0 bridgehead atoms. The van der Waals surface area contributed by atoms with Gasteiger partial charge in [0.25, 0.3) is 0 Å². The topological polar surface area (TPSA) is 24.5 Å². The molecule has 0 radical (unpaired) electrons. The molecule has 0 saturated carbocycles. The maximum Gasteiger partial charge on any atom is 0.0589 e. The Labute approximate surface area is 113 Å². The number of nitrogens with one attached hydrogen (secondary N) is 1. The predicted molar refractivity (Wildman–Crippen MR) is 77.9 cm³/mol. The van der Waals surface area contributed by atoms with Crippen molar-refractivity contribution in [3.8, 4) is 0 Å². The van der Waals surface area contributed by atoms with E-state index in [4.69, 9.17) is 4.74 Å². The molecule has 4 atom stereocenters. The van der Waals surface area contributed by atoms with Crippen molar-refractivity contribution in [3.63, 3.8) is 0 Å². The van der Waals surface area contributed by atoms with Crippen LogP contribution in [0, 0.1) is 11.8 Å². The molecule has 4 unspecified atom stereocenters. The lowest BCUT2D eigenvalue weighted by Crippen LogP contribution is -2.60. The van der Waals surface area contributed by atoms with E-state index < -0.39 is 0 Å². The van der Waals surface area contributed by atoms with E-state index in [2.05, 4.69) is 37.9 Å². The number of rotatable bonds is 7. The largest absolute Gasteiger partial charge is 0.383 e. The first-order valence-electron chi connectivity index (χ1n) is 7.60. The van der Waals surface area contributed by atoms with Crippen LogP contribution < -0.4 is 5.32 Å². The molecule has 1 heterocycles. The van der Waals surface area contributed by atoms with E-state index in [0.717, 1.165) is 31.5 Å². The van der Waals surface area contributed by atoms with Crippen molar-refractivity contribution in [2.75, 3.05) is 33.4 Å². The summed E-state index contributed by atoms with van der Waals surface area (Å²) in [5.74, 6) is 1.51. The highest BCUT2D eigenvalue weighted by Gasteiger charge is 2.32. The van der Waals surface area contributed by atoms with Crippen LogP contribution >= 0.6 is 0 Å². The highest BCUT2D eigenvalue weighted by Crippen LogP contribution is 2.21. The van der Waals surface area contributed by atoms with Crippen LogP contribution in [0.4, 0.5) is 0 Å². The molecule has 0 aromatic carbocycles. The van der Waals surface area contributed by atoms with E-state index >= 15 is 0 Å². The molecule has 3 heteroatoms. The van der Waals surface area contributed by atoms with Crippen LogP contribution in [-0.4, -0.2) is 50.3 Å². The maximum atomic E-state index is 5.27. The molecule has 0 aliphatic carbocycles. The van der Waals surface area contributed by atoms with Crippen molar-refractivity contribution in [2.24, 2.45) is 11.8 Å². The van der Waals surface area contributed by atoms with Gasteiger partial charge < -0.3 is 10.1 Å². The van der Waals surface area contributed by atoms with E-state index in [1.165, 1.54) is 19.4 Å². The summed E-state index contributed by atoms with van der Waals surface area (Å²) in [6, 6.07) is 1.32. The SMILES string of the molecule is CCC(C)C1CN(CCOC)C(C(C)CC)CN1. The van der Waals surface area contributed by atoms with Crippen molar-refractivity contribution in [1.29, 1.82) is 0 Å². The third-order valence-electron chi connectivity index (χ3n) is 4.70. The molecule has 1 rings (SSSR count). The van der Waals surface area contributed by atoms with Crippen LogP contribution in [0.25, 0.3) is 0 Å². The zero-order chi connectivity index (χ0) is 13.5. The summed E-state index contributed by atoms with van der Waals surface area (Å²) in [6.45, 7) is 13.5. The van der Waals surface area contributed by atoms with Crippen molar-refractivity contribution >= 4 is 0 Å². The Morgan fingerprint density at radius 1 is 1.22 bits per heavy atom. The Balaban J connectivity index is 2.60. The molecule has 18 heavy (non-hydrogen) atoms. The molecule has 108 valence electrons. The minimum absolute atomic E-state index is 0.646. The quantitative estimate of drug-likeness (QED) is 0.757. The third-order valence-corrected chi connectivity index (χ3v) is 4.70. The van der Waals surface area contributed by atoms with Crippen LogP contribution in [0.1, 0.15) is 40.5 Å². The molecule has 1 fully saturated rings. The molecule has 1 aliphatic heterocycles. The van der Waals surface area contributed by atoms with Crippen molar-refractivity contribution in [2.45, 2.75) is 52.6 Å². The molecule has 1 N–H and O–H groups in total. The summed E-state index contributed by atoms with van der Waals surface area (Å²) in [5, 5.41) is 3.76. The summed E-state index contributed by atoms with van der Waals surface area (Å²) in [4.78, 5) is 2.64. The Morgan fingerprint density at radius 2 is 1.89 bits per heavy atom. The van der Waals surface area contributed by atoms with E-state index in [-0.39, 0.29) is 0 Å². The molecule has 0 spiro atoms. The van der Waals surface area contributed by atoms with E-state index in [9.17, 15) is 0 Å². The van der Waals surface area contributed by atoms with E-state index in [1.807, 2.05) is 0 Å². The Bertz CT molecular complexity index is 223. The summed E-state index contributed by atoms with van der Waals surface area (Å²) in [6.07, 6.45) is 2.51. The molecule has 1 saturated heterocycles. The molecule has 1 aliphatic rings. The summed E-state index contributed by atoms with van der Waals surface area (Å²) in [7, 11) is 1.80. The monoisotopic (exact) mass is 256 g/mol. The first-order valence-corrected chi connectivity index (χ1v) is 7.60. The number of hydrogen-bond acceptors (Lipinski definition) is 3. The lowest BCUT2D eigenvalue weighted by Gasteiger charge is -2.44. The number of piperazine rings is 1. The second-order valence-electron chi connectivity index (χ2n) is 5.84. The van der Waals surface area contributed by atoms with Gasteiger partial charge in [-0.05, 0) is 11.8 Å². The average molecular weight is 256 g/mol. The lowest BCUT2D eigenvalue weighted by atomic mass is 9.90. The number of ether oxygens (including phenoxy) is 1. The summed E-state index contributed by atoms with van der Waals surface area (Å²) >= 11 is 0. The van der Waals surface area contributed by atoms with Gasteiger partial charge in [0.15, 0.2) is 0 Å². The Hall–Kier alpha value is -0.120. The fourth-order valence-corrected chi connectivity index (χ4v) is 2.82. The zero-order valence-corrected chi connectivity index (χ0v) is 12.9. The number of methoxy groups -OCH3 is 1. The molecule has 0 amide bonds. The highest BCUT2D eigenvalue weighted by atomic mass is 16.5. The van der Waals surface area contributed by atoms with Gasteiger partial charge in [0.1, 0.15) is 0 Å². The fraction of sp³-hybridized carbons (Fsp3) is 1.00. The number of nitrogens with zero attached hydrogens (tertiary/aromatic N) is 1. The van der Waals surface area contributed by atoms with Gasteiger partial charge in [0.2, 0.25) is 0 Å². The molecular formula is C15H32N2O. The van der Waals surface area contributed by atoms with Crippen molar-refractivity contribution in [3.05, 3.63) is 0 Å². The van der Waals surface area contributed by atoms with Crippen LogP contribution in [0.3, 0.4) is 0 Å². The van der Waals surface area contributed by atoms with Crippen LogP contribution in [0.15, 0.2) is 0 Å². The second-order valence-corrected chi connectivity index (χ2v) is 5.84. The van der Waals surface area contributed by atoms with Gasteiger partial charge in [-0.2, -0.15) is 0 Å². The van der Waals surface area contributed by atoms with Gasteiger partial charge in [0, 0.05) is 38.8 Å². The minimum atomic E-state index is 0.646. The smallest absolute Gasteiger partial charge is 0.0589 e. The standard InChI is InChI=1S/C15H32N2O/c1-6-12(3)14-11-17(8-9-18-5)15(10-16-14)13(4)7-2/h12-16H,6-11H2,1-5H3. The first kappa shape index (κ1) is 15.9. The average Bonchev–Trinajstić information content (AvgIpc) is 2.42. The minimum Gasteiger partial charge on any atom is -0.383 e. The van der Waals surface area contributed by atoms with E-state index in [1.54, 1.807) is 7.11 Å². The van der Waals surface area contributed by atoms with Crippen LogP contribution in [0.5, 0.6) is 0 Å². The highest BCUT2D eigenvalue weighted by molar-refractivity contribution is 4.90. The summed E-state index contributed by atoms with van der Waals surface area (Å²) in [5.41, 5.74) is 0. The summed E-state index contributed by atoms with van der Waals surface area (Å²) < 4.78 is 5.27. The molecule has 3 nitrogen and oxygen atoms in total. The normalized spacial score (nSPS) is 29.2. The Morgan fingerprint density at radius 3 is 2.44 bits per heavy atom.